The molecule has 3 heterocycles. The van der Waals surface area contributed by atoms with Crippen molar-refractivity contribution >= 4 is 23.6 Å². The number of fused-ring (bicyclic) bond motifs is 4. The molecule has 6 heteroatoms. The van der Waals surface area contributed by atoms with E-state index in [1.54, 1.807) is 19.0 Å². The van der Waals surface area contributed by atoms with Gasteiger partial charge in [0.2, 0.25) is 11.8 Å². The molecular formula is C19H27N3O2S. The van der Waals surface area contributed by atoms with E-state index < -0.39 is 0 Å². The molecule has 2 bridgehead atoms. The van der Waals surface area contributed by atoms with Crippen LogP contribution >= 0.6 is 11.8 Å². The maximum atomic E-state index is 12.7. The van der Waals surface area contributed by atoms with E-state index in [4.69, 9.17) is 0 Å². The van der Waals surface area contributed by atoms with E-state index in [1.165, 1.54) is 4.90 Å². The Morgan fingerprint density at radius 2 is 1.96 bits per heavy atom. The molecule has 0 saturated carbocycles. The first-order chi connectivity index (χ1) is 12.0. The molecule has 0 unspecified atom stereocenters. The Hall–Kier alpha value is -1.53. The average molecular weight is 362 g/mol. The van der Waals surface area contributed by atoms with Crippen LogP contribution in [-0.4, -0.2) is 78.6 Å². The molecule has 136 valence electrons. The average Bonchev–Trinajstić information content (AvgIpc) is 2.88. The van der Waals surface area contributed by atoms with Gasteiger partial charge in [0.1, 0.15) is 6.54 Å². The molecule has 0 N–H and O–H groups in total. The number of nitrogens with zero attached hydrogens (tertiary/aromatic N) is 3. The van der Waals surface area contributed by atoms with Gasteiger partial charge in [0, 0.05) is 50.4 Å². The summed E-state index contributed by atoms with van der Waals surface area (Å²) in [6, 6.07) is 10.6. The van der Waals surface area contributed by atoms with Crippen molar-refractivity contribution in [2.24, 2.45) is 5.92 Å². The van der Waals surface area contributed by atoms with Crippen molar-refractivity contribution in [3.8, 4) is 0 Å². The van der Waals surface area contributed by atoms with Crippen LogP contribution in [0, 0.1) is 5.92 Å². The number of carbonyl (C=O) groups excluding carboxylic acids is 2. The second kappa shape index (κ2) is 8.23. The van der Waals surface area contributed by atoms with Gasteiger partial charge in [-0.05, 0) is 25.0 Å². The fourth-order valence-corrected chi connectivity index (χ4v) is 4.55. The Balaban J connectivity index is 1.57. The molecule has 0 spiro atoms. The number of rotatable bonds is 6. The highest BCUT2D eigenvalue weighted by Gasteiger charge is 2.41. The Morgan fingerprint density at radius 1 is 1.20 bits per heavy atom. The summed E-state index contributed by atoms with van der Waals surface area (Å²) in [5.74, 6) is 1.25. The van der Waals surface area contributed by atoms with Gasteiger partial charge in [-0.15, -0.1) is 11.8 Å². The first-order valence-corrected chi connectivity index (χ1v) is 9.94. The second-order valence-electron chi connectivity index (χ2n) is 7.10. The Morgan fingerprint density at radius 3 is 2.68 bits per heavy atom. The van der Waals surface area contributed by atoms with Crippen molar-refractivity contribution in [1.82, 2.24) is 14.7 Å². The summed E-state index contributed by atoms with van der Waals surface area (Å²) >= 11 is 1.86. The third-order valence-corrected chi connectivity index (χ3v) is 6.09. The summed E-state index contributed by atoms with van der Waals surface area (Å²) in [5.41, 5.74) is 0. The predicted octanol–water partition coefficient (Wildman–Crippen LogP) is 1.79. The number of likely N-dealkylation sites (N-methyl/N-ethyl adjacent to an activating group) is 1. The highest BCUT2D eigenvalue weighted by atomic mass is 32.2. The molecule has 3 aliphatic heterocycles. The van der Waals surface area contributed by atoms with E-state index in [0.29, 0.717) is 0 Å². The lowest BCUT2D eigenvalue weighted by molar-refractivity contribution is -0.145. The molecule has 3 fully saturated rings. The van der Waals surface area contributed by atoms with Crippen LogP contribution in [0.4, 0.5) is 0 Å². The number of hydrogen-bond acceptors (Lipinski definition) is 4. The van der Waals surface area contributed by atoms with Crippen LogP contribution in [0.2, 0.25) is 0 Å². The SMILES string of the molecule is CN(C)C(=O)CN1C(=O)[C@H]2CC[C@@H]1CN(CCSc1ccccc1)C2. The van der Waals surface area contributed by atoms with Gasteiger partial charge >= 0.3 is 0 Å². The van der Waals surface area contributed by atoms with Gasteiger partial charge in [-0.25, -0.2) is 0 Å². The van der Waals surface area contributed by atoms with E-state index >= 15 is 0 Å². The number of piperidine rings is 1. The minimum atomic E-state index is 0.00656. The van der Waals surface area contributed by atoms with Crippen LogP contribution in [0.1, 0.15) is 12.8 Å². The molecule has 3 saturated heterocycles. The van der Waals surface area contributed by atoms with Crippen LogP contribution < -0.4 is 0 Å². The maximum absolute atomic E-state index is 12.7. The second-order valence-corrected chi connectivity index (χ2v) is 8.27. The lowest BCUT2D eigenvalue weighted by atomic mass is 9.94. The fourth-order valence-electron chi connectivity index (χ4n) is 3.62. The molecule has 3 aliphatic rings. The van der Waals surface area contributed by atoms with Crippen LogP contribution in [0.15, 0.2) is 35.2 Å². The van der Waals surface area contributed by atoms with E-state index in [2.05, 4.69) is 29.2 Å². The molecule has 2 atom stereocenters. The number of benzene rings is 1. The van der Waals surface area contributed by atoms with E-state index in [9.17, 15) is 9.59 Å². The van der Waals surface area contributed by atoms with E-state index in [-0.39, 0.29) is 30.3 Å². The van der Waals surface area contributed by atoms with Crippen molar-refractivity contribution in [2.45, 2.75) is 23.8 Å². The van der Waals surface area contributed by atoms with Gasteiger partial charge in [0.15, 0.2) is 0 Å². The molecule has 0 aliphatic carbocycles. The highest BCUT2D eigenvalue weighted by molar-refractivity contribution is 7.99. The Bertz CT molecular complexity index is 608. The highest BCUT2D eigenvalue weighted by Crippen LogP contribution is 2.29. The van der Waals surface area contributed by atoms with Gasteiger partial charge < -0.3 is 9.80 Å². The molecule has 2 amide bonds. The largest absolute Gasteiger partial charge is 0.347 e. The number of amides is 2. The van der Waals surface area contributed by atoms with Crippen molar-refractivity contribution in [3.63, 3.8) is 0 Å². The minimum absolute atomic E-state index is 0.00656. The first kappa shape index (κ1) is 18.3. The molecule has 0 radical (unpaired) electrons. The summed E-state index contributed by atoms with van der Waals surface area (Å²) < 4.78 is 0. The van der Waals surface area contributed by atoms with Crippen LogP contribution in [0.3, 0.4) is 0 Å². The van der Waals surface area contributed by atoms with Gasteiger partial charge in [0.05, 0.1) is 5.92 Å². The Labute approximate surface area is 154 Å². The Kier molecular flexibility index (Phi) is 6.02. The van der Waals surface area contributed by atoms with E-state index in [1.807, 2.05) is 22.7 Å². The molecule has 0 aromatic heterocycles. The summed E-state index contributed by atoms with van der Waals surface area (Å²) in [6.45, 7) is 2.92. The van der Waals surface area contributed by atoms with Gasteiger partial charge in [0.25, 0.3) is 0 Å². The quantitative estimate of drug-likeness (QED) is 0.725. The predicted molar refractivity (Wildman–Crippen MR) is 101 cm³/mol. The molecule has 4 rings (SSSR count). The first-order valence-electron chi connectivity index (χ1n) is 8.95. The molecule has 1 aromatic carbocycles. The van der Waals surface area contributed by atoms with Crippen LogP contribution in [0.5, 0.6) is 0 Å². The summed E-state index contributed by atoms with van der Waals surface area (Å²) in [5, 5.41) is 0. The lowest BCUT2D eigenvalue weighted by Gasteiger charge is -2.36. The number of carbonyl (C=O) groups is 2. The van der Waals surface area contributed by atoms with Crippen LogP contribution in [0.25, 0.3) is 0 Å². The van der Waals surface area contributed by atoms with Gasteiger partial charge in [-0.3, -0.25) is 14.5 Å². The van der Waals surface area contributed by atoms with E-state index in [0.717, 1.165) is 38.2 Å². The van der Waals surface area contributed by atoms with Crippen molar-refractivity contribution in [1.29, 1.82) is 0 Å². The van der Waals surface area contributed by atoms with Gasteiger partial charge in [-0.2, -0.15) is 0 Å². The topological polar surface area (TPSA) is 43.9 Å². The molecule has 1 aromatic rings. The third kappa shape index (κ3) is 4.55. The molecular weight excluding hydrogens is 334 g/mol. The zero-order chi connectivity index (χ0) is 17.8. The zero-order valence-electron chi connectivity index (χ0n) is 15.1. The normalized spacial score (nSPS) is 23.6. The summed E-state index contributed by atoms with van der Waals surface area (Å²) in [4.78, 5) is 31.9. The fraction of sp³-hybridized carbons (Fsp3) is 0.579. The zero-order valence-corrected chi connectivity index (χ0v) is 15.9. The smallest absolute Gasteiger partial charge is 0.241 e. The molecule has 5 nitrogen and oxygen atoms in total. The van der Waals surface area contributed by atoms with Crippen molar-refractivity contribution in [2.75, 3.05) is 46.0 Å². The number of hydrogen-bond donors (Lipinski definition) is 0. The van der Waals surface area contributed by atoms with Crippen molar-refractivity contribution in [3.05, 3.63) is 30.3 Å². The maximum Gasteiger partial charge on any atom is 0.241 e. The van der Waals surface area contributed by atoms with Crippen molar-refractivity contribution < 1.29 is 9.59 Å². The summed E-state index contributed by atoms with van der Waals surface area (Å²) in [7, 11) is 3.49. The standard InChI is InChI=1S/C19H27N3O2S/c1-20(2)18(23)14-22-16-9-8-15(19(22)24)12-21(13-16)10-11-25-17-6-4-3-5-7-17/h3-7,15-16H,8-14H2,1-2H3/t15-,16+/m0/s1. The monoisotopic (exact) mass is 361 g/mol. The minimum Gasteiger partial charge on any atom is -0.347 e. The molecule has 25 heavy (non-hydrogen) atoms. The third-order valence-electron chi connectivity index (χ3n) is 5.09. The van der Waals surface area contributed by atoms with Crippen LogP contribution in [-0.2, 0) is 9.59 Å². The van der Waals surface area contributed by atoms with Gasteiger partial charge in [-0.1, -0.05) is 18.2 Å². The number of thioether (sulfide) groups is 1. The lowest BCUT2D eigenvalue weighted by Crippen LogP contribution is -2.51. The summed E-state index contributed by atoms with van der Waals surface area (Å²) in [6.07, 6.45) is 1.97.